The van der Waals surface area contributed by atoms with Crippen molar-refractivity contribution in [1.82, 2.24) is 4.98 Å². The molecule has 8 heteroatoms. The first-order valence-corrected chi connectivity index (χ1v) is 10.6. The Labute approximate surface area is 188 Å². The maximum Gasteiger partial charge on any atom is 0.293 e. The number of methoxy groups -OCH3 is 2. The van der Waals surface area contributed by atoms with Crippen LogP contribution in [0.5, 0.6) is 11.5 Å². The van der Waals surface area contributed by atoms with Crippen molar-refractivity contribution in [3.63, 3.8) is 0 Å². The van der Waals surface area contributed by atoms with Crippen molar-refractivity contribution in [2.24, 2.45) is 0 Å². The number of aromatic nitrogens is 1. The zero-order valence-electron chi connectivity index (χ0n) is 17.7. The van der Waals surface area contributed by atoms with Crippen LogP contribution in [-0.4, -0.2) is 30.9 Å². The van der Waals surface area contributed by atoms with Crippen LogP contribution in [0.15, 0.2) is 64.4 Å². The lowest BCUT2D eigenvalue weighted by atomic mass is 10.1. The fourth-order valence-electron chi connectivity index (χ4n) is 3.10. The molecule has 1 amide bonds. The number of furan rings is 1. The first-order chi connectivity index (χ1) is 15.5. The second-order valence-electron chi connectivity index (χ2n) is 6.86. The first kappa shape index (κ1) is 21.3. The Balaban J connectivity index is 1.47. The summed E-state index contributed by atoms with van der Waals surface area (Å²) < 4.78 is 16.3. The van der Waals surface area contributed by atoms with E-state index in [1.807, 2.05) is 17.5 Å². The Morgan fingerprint density at radius 2 is 1.66 bits per heavy atom. The fourth-order valence-corrected chi connectivity index (χ4v) is 3.82. The van der Waals surface area contributed by atoms with Gasteiger partial charge in [-0.15, -0.1) is 11.3 Å². The predicted octanol–water partition coefficient (Wildman–Crippen LogP) is 5.54. The van der Waals surface area contributed by atoms with E-state index in [1.165, 1.54) is 18.3 Å². The molecule has 7 nitrogen and oxygen atoms in total. The molecule has 2 aromatic heterocycles. The van der Waals surface area contributed by atoms with Gasteiger partial charge in [0.1, 0.15) is 5.76 Å². The molecule has 0 saturated heterocycles. The zero-order chi connectivity index (χ0) is 22.7. The maximum absolute atomic E-state index is 12.6. The normalized spacial score (nSPS) is 10.6. The van der Waals surface area contributed by atoms with E-state index in [2.05, 4.69) is 10.3 Å². The lowest BCUT2D eigenvalue weighted by Gasteiger charge is -2.08. The zero-order valence-corrected chi connectivity index (χ0v) is 18.5. The van der Waals surface area contributed by atoms with Gasteiger partial charge in [0.15, 0.2) is 28.2 Å². The number of benzene rings is 2. The summed E-state index contributed by atoms with van der Waals surface area (Å²) in [4.78, 5) is 28.5. The van der Waals surface area contributed by atoms with Gasteiger partial charge < -0.3 is 13.9 Å². The first-order valence-electron chi connectivity index (χ1n) is 9.69. The van der Waals surface area contributed by atoms with Crippen LogP contribution >= 0.6 is 11.3 Å². The predicted molar refractivity (Wildman–Crippen MR) is 123 cm³/mol. The van der Waals surface area contributed by atoms with Crippen LogP contribution in [0, 0.1) is 0 Å². The molecule has 4 rings (SSSR count). The Hall–Kier alpha value is -3.91. The van der Waals surface area contributed by atoms with Gasteiger partial charge >= 0.3 is 0 Å². The number of anilines is 1. The van der Waals surface area contributed by atoms with E-state index in [9.17, 15) is 9.59 Å². The molecule has 0 unspecified atom stereocenters. The molecule has 0 bridgehead atoms. The SMILES string of the molecule is COc1ccc(-c2csc(NC(=O)c3ccc(-c4ccc(C(C)=O)cc4)o3)n2)cc1OC. The summed E-state index contributed by atoms with van der Waals surface area (Å²) in [5, 5.41) is 5.06. The highest BCUT2D eigenvalue weighted by molar-refractivity contribution is 7.14. The molecule has 0 aliphatic carbocycles. The summed E-state index contributed by atoms with van der Waals surface area (Å²) in [5.41, 5.74) is 2.94. The summed E-state index contributed by atoms with van der Waals surface area (Å²) in [7, 11) is 3.15. The average molecular weight is 449 g/mol. The van der Waals surface area contributed by atoms with Crippen molar-refractivity contribution in [1.29, 1.82) is 0 Å². The van der Waals surface area contributed by atoms with Crippen molar-refractivity contribution < 1.29 is 23.5 Å². The lowest BCUT2D eigenvalue weighted by molar-refractivity contribution is 0.0994. The van der Waals surface area contributed by atoms with Crippen molar-refractivity contribution >= 4 is 28.2 Å². The topological polar surface area (TPSA) is 90.7 Å². The van der Waals surface area contributed by atoms with Gasteiger partial charge in [-0.25, -0.2) is 4.98 Å². The Morgan fingerprint density at radius 1 is 0.938 bits per heavy atom. The second kappa shape index (κ2) is 9.07. The Morgan fingerprint density at radius 3 is 2.34 bits per heavy atom. The van der Waals surface area contributed by atoms with Crippen molar-refractivity contribution in [3.8, 4) is 34.1 Å². The number of ether oxygens (including phenoxy) is 2. The standard InChI is InChI=1S/C24H20N2O5S/c1-14(27)15-4-6-16(7-5-15)19-10-11-21(31-19)23(28)26-24-25-18(13-32-24)17-8-9-20(29-2)22(12-17)30-3/h4-13H,1-3H3,(H,25,26,28). The van der Waals surface area contributed by atoms with Crippen molar-refractivity contribution in [2.75, 3.05) is 19.5 Å². The summed E-state index contributed by atoms with van der Waals surface area (Å²) >= 11 is 1.31. The number of nitrogens with one attached hydrogen (secondary N) is 1. The fraction of sp³-hybridized carbons (Fsp3) is 0.125. The average Bonchev–Trinajstić information content (AvgIpc) is 3.49. The number of amides is 1. The number of hydrogen-bond donors (Lipinski definition) is 1. The number of carbonyl (C=O) groups is 2. The van der Waals surface area contributed by atoms with Gasteiger partial charge in [-0.1, -0.05) is 24.3 Å². The highest BCUT2D eigenvalue weighted by atomic mass is 32.1. The number of carbonyl (C=O) groups excluding carboxylic acids is 2. The molecule has 4 aromatic rings. The lowest BCUT2D eigenvalue weighted by Crippen LogP contribution is -2.10. The summed E-state index contributed by atoms with van der Waals surface area (Å²) in [6.45, 7) is 1.51. The van der Waals surface area contributed by atoms with Gasteiger partial charge in [0.25, 0.3) is 5.91 Å². The number of Topliss-reactive ketones (excluding diaryl/α,β-unsaturated/α-hetero) is 1. The number of rotatable bonds is 7. The third-order valence-electron chi connectivity index (χ3n) is 4.81. The van der Waals surface area contributed by atoms with E-state index >= 15 is 0 Å². The molecule has 2 aromatic carbocycles. The van der Waals surface area contributed by atoms with Crippen LogP contribution in [-0.2, 0) is 0 Å². The molecule has 162 valence electrons. The quantitative estimate of drug-likeness (QED) is 0.373. The van der Waals surface area contributed by atoms with Crippen LogP contribution in [0.4, 0.5) is 5.13 Å². The van der Waals surface area contributed by atoms with Gasteiger partial charge in [-0.3, -0.25) is 14.9 Å². The Kier molecular flexibility index (Phi) is 6.04. The minimum Gasteiger partial charge on any atom is -0.493 e. The van der Waals surface area contributed by atoms with E-state index in [0.717, 1.165) is 11.1 Å². The molecule has 2 heterocycles. The minimum absolute atomic E-state index is 0.00744. The van der Waals surface area contributed by atoms with E-state index in [0.29, 0.717) is 33.6 Å². The number of hydrogen-bond acceptors (Lipinski definition) is 7. The number of ketones is 1. The van der Waals surface area contributed by atoms with E-state index < -0.39 is 5.91 Å². The van der Waals surface area contributed by atoms with Gasteiger partial charge in [0.05, 0.1) is 19.9 Å². The molecule has 0 fully saturated rings. The third-order valence-corrected chi connectivity index (χ3v) is 5.57. The van der Waals surface area contributed by atoms with E-state index in [4.69, 9.17) is 13.9 Å². The largest absolute Gasteiger partial charge is 0.493 e. The smallest absolute Gasteiger partial charge is 0.293 e. The van der Waals surface area contributed by atoms with Gasteiger partial charge in [-0.2, -0.15) is 0 Å². The van der Waals surface area contributed by atoms with Gasteiger partial charge in [0, 0.05) is 22.1 Å². The highest BCUT2D eigenvalue weighted by Crippen LogP contribution is 2.33. The van der Waals surface area contributed by atoms with Crippen molar-refractivity contribution in [2.45, 2.75) is 6.92 Å². The van der Waals surface area contributed by atoms with E-state index in [1.54, 1.807) is 56.7 Å². The molecular weight excluding hydrogens is 428 g/mol. The molecule has 0 aliphatic rings. The van der Waals surface area contributed by atoms with Crippen LogP contribution in [0.3, 0.4) is 0 Å². The monoisotopic (exact) mass is 448 g/mol. The third kappa shape index (κ3) is 4.40. The number of thiazole rings is 1. The molecule has 0 saturated carbocycles. The van der Waals surface area contributed by atoms with Gasteiger partial charge in [0.2, 0.25) is 0 Å². The molecule has 0 spiro atoms. The highest BCUT2D eigenvalue weighted by Gasteiger charge is 2.15. The molecule has 0 aliphatic heterocycles. The van der Waals surface area contributed by atoms with E-state index in [-0.39, 0.29) is 11.5 Å². The molecular formula is C24H20N2O5S. The van der Waals surface area contributed by atoms with Crippen molar-refractivity contribution in [3.05, 3.63) is 71.3 Å². The van der Waals surface area contributed by atoms with Crippen LogP contribution in [0.25, 0.3) is 22.6 Å². The minimum atomic E-state index is -0.398. The molecule has 0 radical (unpaired) electrons. The molecule has 32 heavy (non-hydrogen) atoms. The molecule has 0 atom stereocenters. The Bertz CT molecular complexity index is 1270. The summed E-state index contributed by atoms with van der Waals surface area (Å²) in [5.74, 6) is 1.53. The molecule has 1 N–H and O–H groups in total. The van der Waals surface area contributed by atoms with Gasteiger partial charge in [-0.05, 0) is 37.3 Å². The second-order valence-corrected chi connectivity index (χ2v) is 7.72. The summed E-state index contributed by atoms with van der Waals surface area (Å²) in [6, 6.07) is 15.9. The van der Waals surface area contributed by atoms with Crippen LogP contribution in [0.2, 0.25) is 0 Å². The summed E-state index contributed by atoms with van der Waals surface area (Å²) in [6.07, 6.45) is 0. The maximum atomic E-state index is 12.6. The van der Waals surface area contributed by atoms with Crippen LogP contribution < -0.4 is 14.8 Å². The number of nitrogens with zero attached hydrogens (tertiary/aromatic N) is 1. The van der Waals surface area contributed by atoms with Crippen LogP contribution in [0.1, 0.15) is 27.8 Å².